The molecule has 1 aliphatic heterocycles. The molecule has 1 fully saturated rings. The van der Waals surface area contributed by atoms with Crippen LogP contribution in [0.1, 0.15) is 29.8 Å². The van der Waals surface area contributed by atoms with Crippen LogP contribution in [-0.2, 0) is 6.18 Å². The monoisotopic (exact) mass is 569 g/mol. The molecule has 1 saturated heterocycles. The molecule has 0 atom stereocenters. The van der Waals surface area contributed by atoms with Gasteiger partial charge in [-0.3, -0.25) is 4.79 Å². The largest absolute Gasteiger partial charge is 0.495 e. The Bertz CT molecular complexity index is 1370. The summed E-state index contributed by atoms with van der Waals surface area (Å²) in [5.41, 5.74) is 1.70. The normalized spacial score (nSPS) is 13.5. The van der Waals surface area contributed by atoms with E-state index in [1.165, 1.54) is 12.1 Å². The number of ether oxygens (including phenoxy) is 1. The van der Waals surface area contributed by atoms with Gasteiger partial charge in [0.25, 0.3) is 5.91 Å². The smallest absolute Gasteiger partial charge is 0.416 e. The number of benzene rings is 3. The van der Waals surface area contributed by atoms with Gasteiger partial charge in [-0.2, -0.15) is 13.2 Å². The first-order chi connectivity index (χ1) is 19.6. The van der Waals surface area contributed by atoms with Crippen molar-refractivity contribution >= 4 is 34.7 Å². The van der Waals surface area contributed by atoms with E-state index in [9.17, 15) is 22.8 Å². The number of halogens is 3. The van der Waals surface area contributed by atoms with E-state index in [1.807, 2.05) is 38.1 Å². The van der Waals surface area contributed by atoms with Gasteiger partial charge in [-0.25, -0.2) is 4.79 Å². The fraction of sp³-hybridized carbons (Fsp3) is 0.333. The van der Waals surface area contributed by atoms with Crippen molar-refractivity contribution in [1.29, 1.82) is 0 Å². The van der Waals surface area contributed by atoms with E-state index in [0.717, 1.165) is 42.3 Å². The number of amides is 3. The molecule has 8 nitrogen and oxygen atoms in total. The van der Waals surface area contributed by atoms with Gasteiger partial charge in [0.1, 0.15) is 5.75 Å². The molecule has 1 aliphatic rings. The molecule has 0 saturated carbocycles. The maximum absolute atomic E-state index is 13.5. The molecule has 0 radical (unpaired) electrons. The number of hydrogen-bond acceptors (Lipinski definition) is 5. The van der Waals surface area contributed by atoms with Gasteiger partial charge in [-0.1, -0.05) is 18.2 Å². The van der Waals surface area contributed by atoms with Crippen molar-refractivity contribution in [3.05, 3.63) is 77.9 Å². The maximum atomic E-state index is 13.5. The summed E-state index contributed by atoms with van der Waals surface area (Å²) in [5, 5.41) is 5.08. The molecular formula is C30H34F3N5O3. The van der Waals surface area contributed by atoms with Crippen LogP contribution in [0.25, 0.3) is 0 Å². The zero-order chi connectivity index (χ0) is 29.6. The van der Waals surface area contributed by atoms with Gasteiger partial charge in [0, 0.05) is 56.3 Å². The number of methoxy groups -OCH3 is 1. The number of alkyl halides is 3. The highest BCUT2D eigenvalue weighted by Crippen LogP contribution is 2.32. The van der Waals surface area contributed by atoms with Crippen LogP contribution >= 0.6 is 0 Å². The second-order valence-electron chi connectivity index (χ2n) is 9.51. The van der Waals surface area contributed by atoms with E-state index in [2.05, 4.69) is 20.4 Å². The molecular weight excluding hydrogens is 535 g/mol. The summed E-state index contributed by atoms with van der Waals surface area (Å²) in [6.07, 6.45) is -4.53. The molecule has 3 aromatic carbocycles. The molecule has 0 aliphatic carbocycles. The summed E-state index contributed by atoms with van der Waals surface area (Å²) in [6.45, 7) is 7.61. The fourth-order valence-corrected chi connectivity index (χ4v) is 4.89. The lowest BCUT2D eigenvalue weighted by molar-refractivity contribution is -0.137. The quantitative estimate of drug-likeness (QED) is 0.340. The number of para-hydroxylation sites is 2. The Morgan fingerprint density at radius 1 is 0.829 bits per heavy atom. The van der Waals surface area contributed by atoms with Crippen LogP contribution in [0.2, 0.25) is 0 Å². The van der Waals surface area contributed by atoms with Crippen molar-refractivity contribution in [1.82, 2.24) is 4.90 Å². The molecule has 0 aromatic heterocycles. The number of nitrogens with one attached hydrogen (secondary N) is 2. The van der Waals surface area contributed by atoms with Gasteiger partial charge in [0.2, 0.25) is 0 Å². The van der Waals surface area contributed by atoms with E-state index in [4.69, 9.17) is 4.74 Å². The van der Waals surface area contributed by atoms with Crippen molar-refractivity contribution in [3.8, 4) is 5.75 Å². The van der Waals surface area contributed by atoms with Crippen LogP contribution in [0.15, 0.2) is 66.7 Å². The Kier molecular flexibility index (Phi) is 9.26. The number of hydrogen-bond donors (Lipinski definition) is 2. The first-order valence-electron chi connectivity index (χ1n) is 13.5. The molecule has 0 spiro atoms. The summed E-state index contributed by atoms with van der Waals surface area (Å²) in [4.78, 5) is 32.3. The molecule has 0 unspecified atom stereocenters. The van der Waals surface area contributed by atoms with Gasteiger partial charge in [0.05, 0.1) is 23.9 Å². The van der Waals surface area contributed by atoms with Crippen molar-refractivity contribution in [2.45, 2.75) is 20.0 Å². The van der Waals surface area contributed by atoms with E-state index in [-0.39, 0.29) is 11.6 Å². The highest BCUT2D eigenvalue weighted by molar-refractivity contribution is 6.04. The van der Waals surface area contributed by atoms with Crippen molar-refractivity contribution in [2.24, 2.45) is 0 Å². The van der Waals surface area contributed by atoms with Crippen LogP contribution in [0.4, 0.5) is 40.7 Å². The zero-order valence-electron chi connectivity index (χ0n) is 23.3. The maximum Gasteiger partial charge on any atom is 0.416 e. The SMILES string of the molecule is CCN(CC)C(=O)c1cc(NC(=O)Nc2cccc(C(F)(F)F)c2)ccc1N1CCN(c2ccccc2OC)CC1. The van der Waals surface area contributed by atoms with Gasteiger partial charge in [-0.15, -0.1) is 0 Å². The van der Waals surface area contributed by atoms with Crippen molar-refractivity contribution in [3.63, 3.8) is 0 Å². The summed E-state index contributed by atoms with van der Waals surface area (Å²) in [7, 11) is 1.65. The number of carbonyl (C=O) groups excluding carboxylic acids is 2. The number of piperazine rings is 1. The average Bonchev–Trinajstić information content (AvgIpc) is 2.97. The average molecular weight is 570 g/mol. The van der Waals surface area contributed by atoms with E-state index < -0.39 is 17.8 Å². The molecule has 41 heavy (non-hydrogen) atoms. The van der Waals surface area contributed by atoms with Gasteiger partial charge >= 0.3 is 12.2 Å². The minimum Gasteiger partial charge on any atom is -0.495 e. The molecule has 218 valence electrons. The Morgan fingerprint density at radius 2 is 1.44 bits per heavy atom. The molecule has 4 rings (SSSR count). The molecule has 1 heterocycles. The van der Waals surface area contributed by atoms with Crippen molar-refractivity contribution in [2.75, 3.05) is 66.8 Å². The summed E-state index contributed by atoms with van der Waals surface area (Å²) >= 11 is 0. The Balaban J connectivity index is 1.53. The number of carbonyl (C=O) groups is 2. The number of nitrogens with zero attached hydrogens (tertiary/aromatic N) is 3. The number of rotatable bonds is 8. The summed E-state index contributed by atoms with van der Waals surface area (Å²) in [5.74, 6) is 0.635. The molecule has 3 amide bonds. The standard InChI is InChI=1S/C30H34F3N5O3/c1-4-36(5-2)28(39)24-20-23(35-29(40)34-22-10-8-9-21(19-22)30(31,32)33)13-14-25(24)37-15-17-38(18-16-37)26-11-6-7-12-27(26)41-3/h6-14,19-20H,4-5,15-18H2,1-3H3,(H2,34,35,40). The lowest BCUT2D eigenvalue weighted by Crippen LogP contribution is -2.47. The highest BCUT2D eigenvalue weighted by atomic mass is 19.4. The highest BCUT2D eigenvalue weighted by Gasteiger charge is 2.30. The molecule has 3 aromatic rings. The van der Waals surface area contributed by atoms with Crippen molar-refractivity contribution < 1.29 is 27.5 Å². The Labute approximate surface area is 237 Å². The van der Waals surface area contributed by atoms with Crippen LogP contribution in [-0.4, -0.2) is 63.2 Å². The predicted octanol–water partition coefficient (Wildman–Crippen LogP) is 6.17. The second-order valence-corrected chi connectivity index (χ2v) is 9.51. The van der Waals surface area contributed by atoms with Gasteiger partial charge < -0.3 is 30.1 Å². The van der Waals surface area contributed by atoms with Crippen LogP contribution < -0.4 is 25.2 Å². The third kappa shape index (κ3) is 7.03. The molecule has 0 bridgehead atoms. The minimum absolute atomic E-state index is 0.00121. The lowest BCUT2D eigenvalue weighted by Gasteiger charge is -2.38. The fourth-order valence-electron chi connectivity index (χ4n) is 4.89. The predicted molar refractivity (Wildman–Crippen MR) is 155 cm³/mol. The van der Waals surface area contributed by atoms with E-state index in [0.29, 0.717) is 37.4 Å². The first-order valence-corrected chi connectivity index (χ1v) is 13.5. The summed E-state index contributed by atoms with van der Waals surface area (Å²) in [6, 6.07) is 16.6. The first kappa shape index (κ1) is 29.6. The van der Waals surface area contributed by atoms with Crippen LogP contribution in [0.5, 0.6) is 5.75 Å². The van der Waals surface area contributed by atoms with Gasteiger partial charge in [-0.05, 0) is 62.4 Å². The summed E-state index contributed by atoms with van der Waals surface area (Å²) < 4.78 is 44.7. The van der Waals surface area contributed by atoms with Crippen LogP contribution in [0.3, 0.4) is 0 Å². The third-order valence-corrected chi connectivity index (χ3v) is 7.03. The van der Waals surface area contributed by atoms with Crippen LogP contribution in [0, 0.1) is 0 Å². The minimum atomic E-state index is -4.53. The zero-order valence-corrected chi connectivity index (χ0v) is 23.3. The number of urea groups is 1. The Hall–Kier alpha value is -4.41. The molecule has 11 heteroatoms. The lowest BCUT2D eigenvalue weighted by atomic mass is 10.1. The second kappa shape index (κ2) is 12.8. The van der Waals surface area contributed by atoms with Gasteiger partial charge in [0.15, 0.2) is 0 Å². The van der Waals surface area contributed by atoms with E-state index in [1.54, 1.807) is 30.2 Å². The molecule has 2 N–H and O–H groups in total. The Morgan fingerprint density at radius 3 is 2.05 bits per heavy atom. The third-order valence-electron chi connectivity index (χ3n) is 7.03. The topological polar surface area (TPSA) is 77.2 Å². The number of anilines is 4. The van der Waals surface area contributed by atoms with E-state index >= 15 is 0 Å².